The molecule has 0 aliphatic carbocycles. The predicted octanol–water partition coefficient (Wildman–Crippen LogP) is 19.0. The first-order valence-corrected chi connectivity index (χ1v) is 28.4. The minimum absolute atomic E-state index is 0.102. The van der Waals surface area contributed by atoms with Gasteiger partial charge in [-0.05, 0) is 57.8 Å². The van der Waals surface area contributed by atoms with Crippen molar-refractivity contribution >= 4 is 17.9 Å². The lowest BCUT2D eigenvalue weighted by atomic mass is 10.0. The second-order valence-corrected chi connectivity index (χ2v) is 18.8. The Morgan fingerprint density at radius 3 is 0.881 bits per heavy atom. The summed E-state index contributed by atoms with van der Waals surface area (Å²) in [5, 5.41) is 0. The summed E-state index contributed by atoms with van der Waals surface area (Å²) < 4.78 is 16.7. The average Bonchev–Trinajstić information content (AvgIpc) is 3.33. The molecule has 0 bridgehead atoms. The van der Waals surface area contributed by atoms with E-state index in [4.69, 9.17) is 14.2 Å². The standard InChI is InChI=1S/C61H106O6/c1-4-7-10-13-16-19-21-23-25-27-29-30-31-33-34-36-38-40-42-45-48-51-54-60(63)66-57-58(56-65-59(62)53-50-47-44-18-15-12-9-6-3)67-61(64)55-52-49-46-43-41-39-37-35-32-28-26-24-22-20-17-14-11-8-5-2/h8,11,17,20,24,26,32,35,39,41,46,49,58H,4-7,9-10,12-16,18-19,21-23,25,27-31,33-34,36-38,40,42-45,47-48,50-57H2,1-3H3/b11-8-,20-17-,26-24-,35-32-,41-39-,49-46-. The van der Waals surface area contributed by atoms with Crippen LogP contribution in [0.15, 0.2) is 72.9 Å². The molecule has 0 amide bonds. The largest absolute Gasteiger partial charge is 0.462 e. The SMILES string of the molecule is CC/C=C\C/C=C\C/C=C\C/C=C\C/C=C\C/C=C\CCC(=O)OC(COC(=O)CCCCCCCCCC)COC(=O)CCCCCCCCCCCCCCCCCCCCCCCC. The minimum Gasteiger partial charge on any atom is -0.462 e. The first-order chi connectivity index (χ1) is 33.0. The summed E-state index contributed by atoms with van der Waals surface area (Å²) >= 11 is 0. The van der Waals surface area contributed by atoms with Crippen molar-refractivity contribution in [3.63, 3.8) is 0 Å². The number of esters is 3. The van der Waals surface area contributed by atoms with E-state index < -0.39 is 6.10 Å². The second-order valence-electron chi connectivity index (χ2n) is 18.8. The van der Waals surface area contributed by atoms with E-state index in [1.807, 2.05) is 6.08 Å². The van der Waals surface area contributed by atoms with Gasteiger partial charge in [-0.3, -0.25) is 14.4 Å². The van der Waals surface area contributed by atoms with Gasteiger partial charge in [0.2, 0.25) is 0 Å². The maximum atomic E-state index is 12.8. The summed E-state index contributed by atoms with van der Waals surface area (Å²) in [6.45, 7) is 6.46. The van der Waals surface area contributed by atoms with Crippen LogP contribution < -0.4 is 0 Å². The van der Waals surface area contributed by atoms with Crippen molar-refractivity contribution in [2.75, 3.05) is 13.2 Å². The molecule has 1 unspecified atom stereocenters. The van der Waals surface area contributed by atoms with Gasteiger partial charge in [0, 0.05) is 19.3 Å². The molecule has 0 aliphatic heterocycles. The monoisotopic (exact) mass is 935 g/mol. The van der Waals surface area contributed by atoms with Gasteiger partial charge in [-0.15, -0.1) is 0 Å². The molecule has 0 aromatic heterocycles. The zero-order valence-corrected chi connectivity index (χ0v) is 44.2. The van der Waals surface area contributed by atoms with Crippen LogP contribution in [0, 0.1) is 0 Å². The zero-order valence-electron chi connectivity index (χ0n) is 44.2. The number of carbonyl (C=O) groups excluding carboxylic acids is 3. The molecule has 1 atom stereocenters. The van der Waals surface area contributed by atoms with E-state index in [0.29, 0.717) is 19.3 Å². The molecule has 0 saturated heterocycles. The Kier molecular flexibility index (Phi) is 52.8. The highest BCUT2D eigenvalue weighted by Gasteiger charge is 2.19. The van der Waals surface area contributed by atoms with Gasteiger partial charge < -0.3 is 14.2 Å². The van der Waals surface area contributed by atoms with Crippen LogP contribution in [0.25, 0.3) is 0 Å². The number of unbranched alkanes of at least 4 members (excludes halogenated alkanes) is 28. The molecule has 6 heteroatoms. The minimum atomic E-state index is -0.811. The predicted molar refractivity (Wildman–Crippen MR) is 288 cm³/mol. The Bertz CT molecular complexity index is 1260. The van der Waals surface area contributed by atoms with E-state index >= 15 is 0 Å². The summed E-state index contributed by atoms with van der Waals surface area (Å²) in [7, 11) is 0. The van der Waals surface area contributed by atoms with Crippen molar-refractivity contribution in [2.24, 2.45) is 0 Å². The lowest BCUT2D eigenvalue weighted by Gasteiger charge is -2.18. The molecule has 0 spiro atoms. The summed E-state index contributed by atoms with van der Waals surface area (Å²) in [5.74, 6) is -0.983. The summed E-state index contributed by atoms with van der Waals surface area (Å²) in [4.78, 5) is 37.9. The van der Waals surface area contributed by atoms with E-state index in [2.05, 4.69) is 87.6 Å². The maximum Gasteiger partial charge on any atom is 0.306 e. The van der Waals surface area contributed by atoms with Crippen molar-refractivity contribution in [3.05, 3.63) is 72.9 Å². The van der Waals surface area contributed by atoms with Crippen LogP contribution in [-0.2, 0) is 28.6 Å². The van der Waals surface area contributed by atoms with E-state index in [-0.39, 0.29) is 37.5 Å². The van der Waals surface area contributed by atoms with E-state index in [9.17, 15) is 14.4 Å². The highest BCUT2D eigenvalue weighted by Crippen LogP contribution is 2.16. The summed E-state index contributed by atoms with van der Waals surface area (Å²) in [5.41, 5.74) is 0. The Labute approximate surface area is 414 Å². The Hall–Kier alpha value is -3.15. The lowest BCUT2D eigenvalue weighted by Crippen LogP contribution is -2.30. The molecule has 0 radical (unpaired) electrons. The van der Waals surface area contributed by atoms with Gasteiger partial charge >= 0.3 is 17.9 Å². The van der Waals surface area contributed by atoms with Crippen LogP contribution in [0.5, 0.6) is 0 Å². The van der Waals surface area contributed by atoms with Crippen LogP contribution in [0.4, 0.5) is 0 Å². The fourth-order valence-electron chi connectivity index (χ4n) is 8.00. The van der Waals surface area contributed by atoms with Gasteiger partial charge in [-0.25, -0.2) is 0 Å². The normalized spacial score (nSPS) is 12.6. The number of allylic oxidation sites excluding steroid dienone is 12. The Balaban J connectivity index is 4.30. The van der Waals surface area contributed by atoms with Gasteiger partial charge in [0.25, 0.3) is 0 Å². The van der Waals surface area contributed by atoms with Crippen LogP contribution in [-0.4, -0.2) is 37.2 Å². The topological polar surface area (TPSA) is 78.9 Å². The number of carbonyl (C=O) groups is 3. The van der Waals surface area contributed by atoms with E-state index in [1.54, 1.807) is 0 Å². The van der Waals surface area contributed by atoms with Crippen LogP contribution in [0.2, 0.25) is 0 Å². The highest BCUT2D eigenvalue weighted by atomic mass is 16.6. The first kappa shape index (κ1) is 63.8. The summed E-state index contributed by atoms with van der Waals surface area (Å²) in [6.07, 6.45) is 70.7. The maximum absolute atomic E-state index is 12.8. The van der Waals surface area contributed by atoms with Crippen molar-refractivity contribution in [1.82, 2.24) is 0 Å². The number of rotatable bonds is 51. The first-order valence-electron chi connectivity index (χ1n) is 28.4. The van der Waals surface area contributed by atoms with Crippen LogP contribution in [0.1, 0.15) is 278 Å². The van der Waals surface area contributed by atoms with Gasteiger partial charge in [-0.2, -0.15) is 0 Å². The number of hydrogen-bond donors (Lipinski definition) is 0. The van der Waals surface area contributed by atoms with Crippen LogP contribution in [0.3, 0.4) is 0 Å². The quantitative estimate of drug-likeness (QED) is 0.0262. The lowest BCUT2D eigenvalue weighted by molar-refractivity contribution is -0.166. The molecule has 0 saturated carbocycles. The van der Waals surface area contributed by atoms with Gasteiger partial charge in [0.1, 0.15) is 13.2 Å². The highest BCUT2D eigenvalue weighted by molar-refractivity contribution is 5.71. The third-order valence-corrected chi connectivity index (χ3v) is 12.2. The van der Waals surface area contributed by atoms with Gasteiger partial charge in [0.05, 0.1) is 0 Å². The second kappa shape index (κ2) is 55.4. The molecular weight excluding hydrogens is 829 g/mol. The molecule has 0 aliphatic rings. The third kappa shape index (κ3) is 53.7. The van der Waals surface area contributed by atoms with Gasteiger partial charge in [0.15, 0.2) is 6.10 Å². The summed E-state index contributed by atoms with van der Waals surface area (Å²) in [6, 6.07) is 0. The average molecular weight is 936 g/mol. The van der Waals surface area contributed by atoms with E-state index in [0.717, 1.165) is 77.0 Å². The fourth-order valence-corrected chi connectivity index (χ4v) is 8.00. The zero-order chi connectivity index (χ0) is 48.6. The third-order valence-electron chi connectivity index (χ3n) is 12.2. The molecule has 6 nitrogen and oxygen atoms in total. The molecule has 0 aromatic carbocycles. The van der Waals surface area contributed by atoms with Gasteiger partial charge in [-0.1, -0.05) is 273 Å². The molecule has 0 rings (SSSR count). The molecule has 0 N–H and O–H groups in total. The fraction of sp³-hybridized carbons (Fsp3) is 0.754. The molecule has 0 heterocycles. The Morgan fingerprint density at radius 1 is 0.313 bits per heavy atom. The molecular formula is C61H106O6. The number of hydrogen-bond acceptors (Lipinski definition) is 6. The molecule has 0 aromatic rings. The molecule has 0 fully saturated rings. The van der Waals surface area contributed by atoms with Crippen LogP contribution >= 0.6 is 0 Å². The smallest absolute Gasteiger partial charge is 0.306 e. The van der Waals surface area contributed by atoms with E-state index in [1.165, 1.54) is 154 Å². The van der Waals surface area contributed by atoms with Crippen molar-refractivity contribution in [2.45, 2.75) is 284 Å². The molecule has 67 heavy (non-hydrogen) atoms. The Morgan fingerprint density at radius 2 is 0.582 bits per heavy atom. The van der Waals surface area contributed by atoms with Crippen molar-refractivity contribution < 1.29 is 28.6 Å². The molecule has 386 valence electrons. The van der Waals surface area contributed by atoms with Crippen molar-refractivity contribution in [3.8, 4) is 0 Å². The number of ether oxygens (including phenoxy) is 3. The van der Waals surface area contributed by atoms with Crippen molar-refractivity contribution in [1.29, 1.82) is 0 Å².